The number of para-hydroxylation sites is 1. The molecule has 0 saturated carbocycles. The van der Waals surface area contributed by atoms with Gasteiger partial charge < -0.3 is 11.5 Å². The molecular formula is C26H23ClN4O2. The number of anilines is 2. The Balaban J connectivity index is 0.000000139. The number of nitrogen functional groups attached to an aromatic ring is 2. The van der Waals surface area contributed by atoms with Gasteiger partial charge in [-0.3, -0.25) is 9.59 Å². The molecule has 2 aliphatic rings. The third-order valence-corrected chi connectivity index (χ3v) is 6.55. The van der Waals surface area contributed by atoms with E-state index in [0.29, 0.717) is 34.9 Å². The number of aromatic nitrogens is 2. The third kappa shape index (κ3) is 3.80. The molecule has 6 rings (SSSR count). The Kier molecular flexibility index (Phi) is 5.46. The molecule has 33 heavy (non-hydrogen) atoms. The second-order valence-electron chi connectivity index (χ2n) is 8.44. The van der Waals surface area contributed by atoms with Gasteiger partial charge in [0.05, 0.1) is 11.0 Å². The van der Waals surface area contributed by atoms with Crippen molar-refractivity contribution in [1.29, 1.82) is 0 Å². The summed E-state index contributed by atoms with van der Waals surface area (Å²) < 4.78 is 0. The maximum absolute atomic E-state index is 11.8. The van der Waals surface area contributed by atoms with Crippen molar-refractivity contribution in [3.05, 3.63) is 70.0 Å². The maximum atomic E-state index is 11.8. The van der Waals surface area contributed by atoms with Gasteiger partial charge in [0.2, 0.25) is 0 Å². The van der Waals surface area contributed by atoms with E-state index in [1.165, 1.54) is 0 Å². The van der Waals surface area contributed by atoms with Gasteiger partial charge in [-0.2, -0.15) is 0 Å². The van der Waals surface area contributed by atoms with Gasteiger partial charge in [-0.25, -0.2) is 9.97 Å². The van der Waals surface area contributed by atoms with Gasteiger partial charge in [-0.15, -0.1) is 0 Å². The maximum Gasteiger partial charge on any atom is 0.181 e. The Morgan fingerprint density at radius 2 is 1.24 bits per heavy atom. The molecule has 2 aromatic carbocycles. The Morgan fingerprint density at radius 3 is 1.88 bits per heavy atom. The molecule has 2 heterocycles. The first-order valence-corrected chi connectivity index (χ1v) is 11.4. The number of benzene rings is 2. The number of nitrogens with two attached hydrogens (primary N) is 2. The van der Waals surface area contributed by atoms with Crippen molar-refractivity contribution in [3.8, 4) is 0 Å². The van der Waals surface area contributed by atoms with E-state index in [1.807, 2.05) is 24.3 Å². The number of hydrogen-bond donors (Lipinski definition) is 2. The van der Waals surface area contributed by atoms with Crippen LogP contribution in [0, 0.1) is 0 Å². The molecule has 0 spiro atoms. The van der Waals surface area contributed by atoms with Gasteiger partial charge in [-0.1, -0.05) is 29.8 Å². The Bertz CT molecular complexity index is 1450. The van der Waals surface area contributed by atoms with Crippen molar-refractivity contribution in [1.82, 2.24) is 9.97 Å². The topological polar surface area (TPSA) is 112 Å². The normalized spacial score (nSPS) is 15.1. The summed E-state index contributed by atoms with van der Waals surface area (Å²) in [7, 11) is 0. The molecule has 2 aromatic heterocycles. The first-order valence-electron chi connectivity index (χ1n) is 11.0. The molecule has 0 atom stereocenters. The lowest BCUT2D eigenvalue weighted by Crippen LogP contribution is -2.15. The first kappa shape index (κ1) is 21.3. The standard InChI is InChI=1S/C13H11ClN2O.C13H12N2O/c14-7-4-5-10-9(6-7)12(15)8-2-1-3-11(17)13(8)16-10;14-12-8-4-1-2-6-10(8)15-13-9(12)5-3-7-11(13)16/h4-6H,1-3H2,(H2,15,16);1-2,4,6H,3,5,7H2,(H2,14,15). The molecule has 4 N–H and O–H groups in total. The number of ketones is 2. The highest BCUT2D eigenvalue weighted by Gasteiger charge is 2.23. The fourth-order valence-corrected chi connectivity index (χ4v) is 4.80. The fraction of sp³-hybridized carbons (Fsp3) is 0.231. The molecule has 4 aromatic rings. The fourth-order valence-electron chi connectivity index (χ4n) is 4.63. The number of nitrogens with zero attached hydrogens (tertiary/aromatic N) is 2. The zero-order valence-corrected chi connectivity index (χ0v) is 18.8. The molecule has 0 unspecified atom stereocenters. The molecule has 0 bridgehead atoms. The van der Waals surface area contributed by atoms with Crippen molar-refractivity contribution >= 4 is 56.3 Å². The number of carbonyl (C=O) groups excluding carboxylic acids is 2. The van der Waals surface area contributed by atoms with Gasteiger partial charge in [0.15, 0.2) is 11.6 Å². The van der Waals surface area contributed by atoms with Crippen molar-refractivity contribution in [2.24, 2.45) is 0 Å². The summed E-state index contributed by atoms with van der Waals surface area (Å²) in [4.78, 5) is 32.4. The highest BCUT2D eigenvalue weighted by atomic mass is 35.5. The average molecular weight is 459 g/mol. The van der Waals surface area contributed by atoms with Crippen LogP contribution >= 0.6 is 11.6 Å². The van der Waals surface area contributed by atoms with Crippen LogP contribution < -0.4 is 11.5 Å². The van der Waals surface area contributed by atoms with E-state index < -0.39 is 0 Å². The monoisotopic (exact) mass is 458 g/mol. The minimum absolute atomic E-state index is 0.0924. The highest BCUT2D eigenvalue weighted by Crippen LogP contribution is 2.33. The molecule has 0 fully saturated rings. The number of carbonyl (C=O) groups is 2. The molecule has 0 radical (unpaired) electrons. The largest absolute Gasteiger partial charge is 0.398 e. The van der Waals surface area contributed by atoms with Crippen LogP contribution in [0.1, 0.15) is 57.8 Å². The van der Waals surface area contributed by atoms with Gasteiger partial charge in [-0.05, 0) is 49.9 Å². The predicted molar refractivity (Wildman–Crippen MR) is 132 cm³/mol. The van der Waals surface area contributed by atoms with E-state index in [1.54, 1.807) is 18.2 Å². The second kappa shape index (κ2) is 8.45. The van der Waals surface area contributed by atoms with Crippen LogP contribution in [0.25, 0.3) is 21.8 Å². The van der Waals surface area contributed by atoms with Crippen LogP contribution in [0.2, 0.25) is 5.02 Å². The summed E-state index contributed by atoms with van der Waals surface area (Å²) in [6, 6.07) is 13.1. The summed E-state index contributed by atoms with van der Waals surface area (Å²) in [6.07, 6.45) is 4.59. The molecule has 166 valence electrons. The van der Waals surface area contributed by atoms with Crippen LogP contribution in [0.4, 0.5) is 11.4 Å². The van der Waals surface area contributed by atoms with Crippen LogP contribution in [-0.2, 0) is 12.8 Å². The minimum atomic E-state index is 0.0924. The summed E-state index contributed by atoms with van der Waals surface area (Å²) >= 11 is 5.95. The number of halogens is 1. The number of rotatable bonds is 0. The molecular weight excluding hydrogens is 436 g/mol. The zero-order chi connectivity index (χ0) is 23.1. The van der Waals surface area contributed by atoms with Crippen molar-refractivity contribution in [3.63, 3.8) is 0 Å². The van der Waals surface area contributed by atoms with E-state index in [0.717, 1.165) is 64.3 Å². The lowest BCUT2D eigenvalue weighted by molar-refractivity contribution is 0.0960. The van der Waals surface area contributed by atoms with Gasteiger partial charge in [0.1, 0.15) is 11.4 Å². The number of Topliss-reactive ketones (excluding diaryl/α,β-unsaturated/α-hetero) is 2. The van der Waals surface area contributed by atoms with Gasteiger partial charge in [0, 0.05) is 51.1 Å². The quantitative estimate of drug-likeness (QED) is 0.368. The number of pyridine rings is 2. The van der Waals surface area contributed by atoms with Crippen molar-refractivity contribution in [2.75, 3.05) is 11.5 Å². The zero-order valence-electron chi connectivity index (χ0n) is 18.0. The van der Waals surface area contributed by atoms with Crippen LogP contribution in [0.3, 0.4) is 0 Å². The summed E-state index contributed by atoms with van der Waals surface area (Å²) in [6.45, 7) is 0. The lowest BCUT2D eigenvalue weighted by Gasteiger charge is -2.17. The lowest BCUT2D eigenvalue weighted by atomic mass is 9.92. The average Bonchev–Trinajstić information content (AvgIpc) is 2.82. The summed E-state index contributed by atoms with van der Waals surface area (Å²) in [5.41, 5.74) is 18.1. The summed E-state index contributed by atoms with van der Waals surface area (Å²) in [5, 5.41) is 2.43. The Hall–Kier alpha value is -3.51. The smallest absolute Gasteiger partial charge is 0.181 e. The molecule has 0 aliphatic heterocycles. The van der Waals surface area contributed by atoms with E-state index in [9.17, 15) is 9.59 Å². The van der Waals surface area contributed by atoms with Crippen LogP contribution in [0.5, 0.6) is 0 Å². The predicted octanol–water partition coefficient (Wildman–Crippen LogP) is 5.33. The second-order valence-corrected chi connectivity index (χ2v) is 8.87. The van der Waals surface area contributed by atoms with E-state index >= 15 is 0 Å². The molecule has 2 aliphatic carbocycles. The number of fused-ring (bicyclic) bond motifs is 4. The van der Waals surface area contributed by atoms with E-state index in [4.69, 9.17) is 23.1 Å². The molecule has 0 saturated heterocycles. The van der Waals surface area contributed by atoms with E-state index in [2.05, 4.69) is 9.97 Å². The molecule has 7 heteroatoms. The number of hydrogen-bond acceptors (Lipinski definition) is 6. The van der Waals surface area contributed by atoms with Crippen LogP contribution in [0.15, 0.2) is 42.5 Å². The Morgan fingerprint density at radius 1 is 0.697 bits per heavy atom. The van der Waals surface area contributed by atoms with Crippen molar-refractivity contribution in [2.45, 2.75) is 38.5 Å². The van der Waals surface area contributed by atoms with E-state index in [-0.39, 0.29) is 11.6 Å². The first-order chi connectivity index (χ1) is 15.9. The van der Waals surface area contributed by atoms with Crippen LogP contribution in [-0.4, -0.2) is 21.5 Å². The Labute approximate surface area is 196 Å². The minimum Gasteiger partial charge on any atom is -0.398 e. The summed E-state index contributed by atoms with van der Waals surface area (Å²) in [5.74, 6) is 0.216. The van der Waals surface area contributed by atoms with Gasteiger partial charge >= 0.3 is 0 Å². The molecule has 0 amide bonds. The SMILES string of the molecule is Nc1c2c(nc3ccc(Cl)cc13)C(=O)CCC2.Nc1c2c(nc3ccccc13)C(=O)CCC2. The van der Waals surface area contributed by atoms with Gasteiger partial charge in [0.25, 0.3) is 0 Å². The molecule has 6 nitrogen and oxygen atoms in total. The third-order valence-electron chi connectivity index (χ3n) is 6.32. The highest BCUT2D eigenvalue weighted by molar-refractivity contribution is 6.31. The van der Waals surface area contributed by atoms with Crippen molar-refractivity contribution < 1.29 is 9.59 Å².